The van der Waals surface area contributed by atoms with Crippen molar-refractivity contribution in [3.63, 3.8) is 0 Å². The average Bonchev–Trinajstić information content (AvgIpc) is 2.62. The van der Waals surface area contributed by atoms with Crippen molar-refractivity contribution in [3.8, 4) is 6.07 Å². The minimum atomic E-state index is -0.492. The Kier molecular flexibility index (Phi) is 4.58. The van der Waals surface area contributed by atoms with Gasteiger partial charge in [0, 0.05) is 12.7 Å². The molecule has 2 aromatic rings. The highest BCUT2D eigenvalue weighted by atomic mass is 19.1. The Hall–Kier alpha value is -3.06. The highest BCUT2D eigenvalue weighted by Crippen LogP contribution is 2.38. The molecule has 2 N–H and O–H groups in total. The van der Waals surface area contributed by atoms with E-state index in [9.17, 15) is 4.39 Å². The molecule has 4 heteroatoms. The first-order valence-electron chi connectivity index (χ1n) is 8.23. The Morgan fingerprint density at radius 1 is 1.24 bits per heavy atom. The van der Waals surface area contributed by atoms with Gasteiger partial charge in [0.1, 0.15) is 11.9 Å². The second kappa shape index (κ2) is 6.82. The summed E-state index contributed by atoms with van der Waals surface area (Å²) < 4.78 is 14.1. The van der Waals surface area contributed by atoms with E-state index in [1.54, 1.807) is 0 Å². The van der Waals surface area contributed by atoms with Crippen molar-refractivity contribution >= 4 is 11.3 Å². The van der Waals surface area contributed by atoms with Crippen LogP contribution in [-0.2, 0) is 6.42 Å². The molecule has 0 bridgehead atoms. The Bertz CT molecular complexity index is 906. The van der Waals surface area contributed by atoms with Gasteiger partial charge in [-0.3, -0.25) is 0 Å². The standard InChI is InChI=1S/C21H20FN3/c1-3-14-11-15(8-9-20(14)24)18-5-4-10-25(2)21(18)16-6-7-17(13-23)19(22)12-16/h4-12,21H,3,24H2,1-2H3. The molecule has 0 amide bonds. The van der Waals surface area contributed by atoms with Crippen molar-refractivity contribution in [2.24, 2.45) is 0 Å². The first kappa shape index (κ1) is 16.8. The lowest BCUT2D eigenvalue weighted by atomic mass is 9.88. The van der Waals surface area contributed by atoms with Crippen LogP contribution in [0.3, 0.4) is 0 Å². The molecule has 0 radical (unpaired) electrons. The molecule has 25 heavy (non-hydrogen) atoms. The van der Waals surface area contributed by atoms with E-state index in [0.29, 0.717) is 0 Å². The van der Waals surface area contributed by atoms with Crippen LogP contribution in [0.25, 0.3) is 5.57 Å². The number of benzene rings is 2. The van der Waals surface area contributed by atoms with Crippen molar-refractivity contribution in [2.45, 2.75) is 19.4 Å². The number of likely N-dealkylation sites (N-methyl/N-ethyl adjacent to an activating group) is 1. The summed E-state index contributed by atoms with van der Waals surface area (Å²) >= 11 is 0. The van der Waals surface area contributed by atoms with Gasteiger partial charge in [-0.05, 0) is 65.2 Å². The number of nitrogens with two attached hydrogens (primary N) is 1. The smallest absolute Gasteiger partial charge is 0.141 e. The summed E-state index contributed by atoms with van der Waals surface area (Å²) in [5, 5.41) is 8.95. The molecule has 1 heterocycles. The maximum Gasteiger partial charge on any atom is 0.141 e. The van der Waals surface area contributed by atoms with Crippen molar-refractivity contribution in [1.82, 2.24) is 4.90 Å². The monoisotopic (exact) mass is 333 g/mol. The van der Waals surface area contributed by atoms with Gasteiger partial charge < -0.3 is 10.6 Å². The zero-order valence-electron chi connectivity index (χ0n) is 14.3. The van der Waals surface area contributed by atoms with Crippen molar-refractivity contribution in [2.75, 3.05) is 12.8 Å². The summed E-state index contributed by atoms with van der Waals surface area (Å²) in [6, 6.07) is 12.6. The lowest BCUT2D eigenvalue weighted by Crippen LogP contribution is -2.23. The average molecular weight is 333 g/mol. The topological polar surface area (TPSA) is 53.0 Å². The number of halogens is 1. The van der Waals surface area contributed by atoms with E-state index >= 15 is 0 Å². The van der Waals surface area contributed by atoms with Crippen molar-refractivity contribution in [1.29, 1.82) is 5.26 Å². The van der Waals surface area contributed by atoms with Gasteiger partial charge in [-0.2, -0.15) is 5.26 Å². The van der Waals surface area contributed by atoms with Crippen LogP contribution >= 0.6 is 0 Å². The fraction of sp³-hybridized carbons (Fsp3) is 0.190. The fourth-order valence-electron chi connectivity index (χ4n) is 3.23. The number of nitriles is 1. The minimum absolute atomic E-state index is 0.0593. The van der Waals surface area contributed by atoms with Crippen LogP contribution in [0.5, 0.6) is 0 Å². The number of hydrogen-bond donors (Lipinski definition) is 1. The van der Waals surface area contributed by atoms with Crippen molar-refractivity contribution < 1.29 is 4.39 Å². The Labute approximate surface area is 147 Å². The second-order valence-electron chi connectivity index (χ2n) is 6.15. The number of hydrogen-bond acceptors (Lipinski definition) is 3. The highest BCUT2D eigenvalue weighted by Gasteiger charge is 2.24. The largest absolute Gasteiger partial charge is 0.399 e. The summed E-state index contributed by atoms with van der Waals surface area (Å²) in [7, 11) is 1.96. The van der Waals surface area contributed by atoms with Crippen LogP contribution in [0.15, 0.2) is 54.8 Å². The third-order valence-corrected chi connectivity index (χ3v) is 4.59. The molecule has 0 aliphatic carbocycles. The van der Waals surface area contributed by atoms with Gasteiger partial charge in [0.25, 0.3) is 0 Å². The van der Waals surface area contributed by atoms with Crippen molar-refractivity contribution in [3.05, 3.63) is 82.8 Å². The van der Waals surface area contributed by atoms with Gasteiger partial charge in [0.05, 0.1) is 11.6 Å². The summed E-state index contributed by atoms with van der Waals surface area (Å²) in [5.41, 5.74) is 10.9. The zero-order valence-corrected chi connectivity index (χ0v) is 14.3. The van der Waals surface area contributed by atoms with Gasteiger partial charge in [-0.25, -0.2) is 4.39 Å². The molecule has 0 saturated carbocycles. The minimum Gasteiger partial charge on any atom is -0.399 e. The van der Waals surface area contributed by atoms with Crippen LogP contribution in [0.2, 0.25) is 0 Å². The maximum absolute atomic E-state index is 14.1. The number of aryl methyl sites for hydroxylation is 1. The van der Waals surface area contributed by atoms with Crippen LogP contribution in [0.4, 0.5) is 10.1 Å². The highest BCUT2D eigenvalue weighted by molar-refractivity contribution is 5.75. The van der Waals surface area contributed by atoms with E-state index in [4.69, 9.17) is 11.0 Å². The van der Waals surface area contributed by atoms with E-state index in [1.165, 1.54) is 12.1 Å². The van der Waals surface area contributed by atoms with Crippen LogP contribution in [0, 0.1) is 17.1 Å². The molecule has 3 rings (SSSR count). The molecule has 1 unspecified atom stereocenters. The first-order valence-corrected chi connectivity index (χ1v) is 8.23. The molecular weight excluding hydrogens is 313 g/mol. The zero-order chi connectivity index (χ0) is 18.0. The predicted molar refractivity (Wildman–Crippen MR) is 99.0 cm³/mol. The summed E-state index contributed by atoms with van der Waals surface area (Å²) in [5.74, 6) is -0.492. The molecular formula is C21H20FN3. The molecule has 3 nitrogen and oxygen atoms in total. The first-order chi connectivity index (χ1) is 12.0. The van der Waals surface area contributed by atoms with Crippen LogP contribution in [-0.4, -0.2) is 11.9 Å². The molecule has 0 fully saturated rings. The lowest BCUT2D eigenvalue weighted by Gasteiger charge is -2.32. The van der Waals surface area contributed by atoms with Gasteiger partial charge in [-0.15, -0.1) is 0 Å². The number of allylic oxidation sites excluding steroid dienone is 2. The summed E-state index contributed by atoms with van der Waals surface area (Å²) in [6.07, 6.45) is 6.84. The van der Waals surface area contributed by atoms with Crippen LogP contribution in [0.1, 0.15) is 35.2 Å². The molecule has 2 aromatic carbocycles. The predicted octanol–water partition coefficient (Wildman–Crippen LogP) is 4.43. The quantitative estimate of drug-likeness (QED) is 0.846. The van der Waals surface area contributed by atoms with Gasteiger partial charge >= 0.3 is 0 Å². The van der Waals surface area contributed by atoms with E-state index in [-0.39, 0.29) is 11.6 Å². The number of nitrogens with zero attached hydrogens (tertiary/aromatic N) is 2. The van der Waals surface area contributed by atoms with E-state index < -0.39 is 5.82 Å². The lowest BCUT2D eigenvalue weighted by molar-refractivity contribution is 0.399. The normalized spacial score (nSPS) is 16.5. The van der Waals surface area contributed by atoms with Crippen LogP contribution < -0.4 is 5.73 Å². The van der Waals surface area contributed by atoms with E-state index in [1.807, 2.05) is 54.6 Å². The molecule has 1 aliphatic rings. The maximum atomic E-state index is 14.1. The number of anilines is 1. The molecule has 1 aliphatic heterocycles. The van der Waals surface area contributed by atoms with E-state index in [2.05, 4.69) is 13.0 Å². The number of rotatable bonds is 3. The Balaban J connectivity index is 2.08. The summed E-state index contributed by atoms with van der Waals surface area (Å²) in [4.78, 5) is 2.04. The molecule has 1 atom stereocenters. The van der Waals surface area contributed by atoms with E-state index in [0.717, 1.165) is 34.4 Å². The third kappa shape index (κ3) is 3.14. The van der Waals surface area contributed by atoms with Gasteiger partial charge in [0.15, 0.2) is 0 Å². The van der Waals surface area contributed by atoms with Gasteiger partial charge in [0.2, 0.25) is 0 Å². The molecule has 0 saturated heterocycles. The van der Waals surface area contributed by atoms with Gasteiger partial charge in [-0.1, -0.05) is 25.1 Å². The molecule has 0 spiro atoms. The SMILES string of the molecule is CCc1cc(C2=CC=CN(C)C2c2ccc(C#N)c(F)c2)ccc1N. The fourth-order valence-corrected chi connectivity index (χ4v) is 3.23. The molecule has 126 valence electrons. The second-order valence-corrected chi connectivity index (χ2v) is 6.15. The Morgan fingerprint density at radius 3 is 2.72 bits per heavy atom. The number of nitrogen functional groups attached to an aromatic ring is 1. The molecule has 0 aromatic heterocycles. The summed E-state index contributed by atoms with van der Waals surface area (Å²) in [6.45, 7) is 2.07. The third-order valence-electron chi connectivity index (χ3n) is 4.59. The Morgan fingerprint density at radius 2 is 2.04 bits per heavy atom.